The van der Waals surface area contributed by atoms with Crippen LogP contribution in [-0.2, 0) is 0 Å². The lowest BCUT2D eigenvalue weighted by Gasteiger charge is -2.45. The van der Waals surface area contributed by atoms with E-state index in [1.165, 1.54) is 32.1 Å². The first-order chi connectivity index (χ1) is 5.52. The zero-order chi connectivity index (χ0) is 9.24. The van der Waals surface area contributed by atoms with E-state index >= 15 is 0 Å². The summed E-state index contributed by atoms with van der Waals surface area (Å²) in [5.74, 6) is 0. The fourth-order valence-electron chi connectivity index (χ4n) is 2.49. The van der Waals surface area contributed by atoms with Crippen LogP contribution in [0.1, 0.15) is 32.1 Å². The van der Waals surface area contributed by atoms with E-state index in [1.807, 2.05) is 0 Å². The maximum Gasteiger partial charge on any atom is 0.0521 e. The summed E-state index contributed by atoms with van der Waals surface area (Å²) >= 11 is 0. The first kappa shape index (κ1) is 10.3. The van der Waals surface area contributed by atoms with Crippen molar-refractivity contribution in [3.8, 4) is 0 Å². The van der Waals surface area contributed by atoms with Gasteiger partial charge in [0, 0.05) is 0 Å². The molecule has 72 valence electrons. The van der Waals surface area contributed by atoms with Gasteiger partial charge in [0.15, 0.2) is 0 Å². The minimum atomic E-state index is -1.03. The number of hydrogen-bond acceptors (Lipinski definition) is 1. The Kier molecular flexibility index (Phi) is 3.00. The average Bonchev–Trinajstić information content (AvgIpc) is 2.04. The molecular formula is C10H23NSi. The van der Waals surface area contributed by atoms with Crippen molar-refractivity contribution in [2.24, 2.45) is 5.73 Å². The fraction of sp³-hybridized carbons (Fsp3) is 1.00. The smallest absolute Gasteiger partial charge is 0.0521 e. The van der Waals surface area contributed by atoms with Crippen molar-refractivity contribution in [3.63, 3.8) is 0 Å². The van der Waals surface area contributed by atoms with E-state index in [1.54, 1.807) is 0 Å². The Hall–Kier alpha value is 0.177. The highest BCUT2D eigenvalue weighted by molar-refractivity contribution is 6.79. The number of hydrogen-bond donors (Lipinski definition) is 1. The molecule has 0 spiro atoms. The third-order valence-electron chi connectivity index (χ3n) is 3.79. The number of rotatable bonds is 2. The van der Waals surface area contributed by atoms with Crippen LogP contribution in [0, 0.1) is 0 Å². The van der Waals surface area contributed by atoms with Crippen molar-refractivity contribution in [3.05, 3.63) is 0 Å². The van der Waals surface area contributed by atoms with Crippen molar-refractivity contribution in [1.29, 1.82) is 0 Å². The van der Waals surface area contributed by atoms with E-state index in [-0.39, 0.29) is 0 Å². The molecule has 0 heterocycles. The summed E-state index contributed by atoms with van der Waals surface area (Å²) in [6.07, 6.45) is 7.08. The van der Waals surface area contributed by atoms with Gasteiger partial charge >= 0.3 is 0 Å². The van der Waals surface area contributed by atoms with Gasteiger partial charge in [-0.25, -0.2) is 0 Å². The van der Waals surface area contributed by atoms with Crippen LogP contribution in [0.3, 0.4) is 0 Å². The predicted octanol–water partition coefficient (Wildman–Crippen LogP) is 2.99. The maximum atomic E-state index is 5.96. The minimum Gasteiger partial charge on any atom is -0.330 e. The second-order valence-corrected chi connectivity index (χ2v) is 10.9. The van der Waals surface area contributed by atoms with Crippen LogP contribution in [0.5, 0.6) is 0 Å². The van der Waals surface area contributed by atoms with E-state index < -0.39 is 8.07 Å². The van der Waals surface area contributed by atoms with Crippen molar-refractivity contribution < 1.29 is 0 Å². The van der Waals surface area contributed by atoms with Crippen LogP contribution in [-0.4, -0.2) is 14.6 Å². The highest BCUT2D eigenvalue weighted by atomic mass is 28.3. The van der Waals surface area contributed by atoms with Gasteiger partial charge in [0.05, 0.1) is 8.07 Å². The topological polar surface area (TPSA) is 26.0 Å². The highest BCUT2D eigenvalue weighted by Gasteiger charge is 2.42. The summed E-state index contributed by atoms with van der Waals surface area (Å²) < 4.78 is 0. The van der Waals surface area contributed by atoms with Gasteiger partial charge in [-0.15, -0.1) is 0 Å². The fourth-order valence-corrected chi connectivity index (χ4v) is 4.95. The number of nitrogens with two attached hydrogens (primary N) is 1. The molecule has 0 bridgehead atoms. The summed E-state index contributed by atoms with van der Waals surface area (Å²) in [5, 5.41) is 0.575. The Bertz CT molecular complexity index is 142. The molecule has 0 aliphatic heterocycles. The molecule has 0 saturated heterocycles. The lowest BCUT2D eigenvalue weighted by atomic mass is 9.88. The summed E-state index contributed by atoms with van der Waals surface area (Å²) in [6.45, 7) is 8.37. The maximum absolute atomic E-state index is 5.96. The predicted molar refractivity (Wildman–Crippen MR) is 58.2 cm³/mol. The second-order valence-electron chi connectivity index (χ2n) is 5.30. The van der Waals surface area contributed by atoms with Gasteiger partial charge in [-0.1, -0.05) is 38.9 Å². The summed E-state index contributed by atoms with van der Waals surface area (Å²) in [6, 6.07) is 0. The summed E-state index contributed by atoms with van der Waals surface area (Å²) in [7, 11) is -1.03. The highest BCUT2D eigenvalue weighted by Crippen LogP contribution is 2.49. The molecule has 1 nitrogen and oxygen atoms in total. The third kappa shape index (κ3) is 1.74. The zero-order valence-electron chi connectivity index (χ0n) is 8.82. The summed E-state index contributed by atoms with van der Waals surface area (Å²) in [4.78, 5) is 0. The van der Waals surface area contributed by atoms with Crippen molar-refractivity contribution >= 4 is 8.07 Å². The van der Waals surface area contributed by atoms with E-state index in [0.717, 1.165) is 6.54 Å². The molecule has 0 atom stereocenters. The van der Waals surface area contributed by atoms with E-state index in [9.17, 15) is 0 Å². The molecule has 1 aliphatic carbocycles. The molecule has 2 heteroatoms. The first-order valence-electron chi connectivity index (χ1n) is 5.22. The van der Waals surface area contributed by atoms with Crippen molar-refractivity contribution in [2.45, 2.75) is 56.8 Å². The first-order valence-corrected chi connectivity index (χ1v) is 8.72. The van der Waals surface area contributed by atoms with Gasteiger partial charge < -0.3 is 5.73 Å². The van der Waals surface area contributed by atoms with Crippen LogP contribution in [0.25, 0.3) is 0 Å². The van der Waals surface area contributed by atoms with Gasteiger partial charge in [0.25, 0.3) is 0 Å². The third-order valence-corrected chi connectivity index (χ3v) is 7.68. The standard InChI is InChI=1S/C10H23NSi/c1-12(2,3)10(9-11)7-5-4-6-8-10/h4-9,11H2,1-3H3. The largest absolute Gasteiger partial charge is 0.330 e. The molecule has 0 aromatic carbocycles. The summed E-state index contributed by atoms with van der Waals surface area (Å²) in [5.41, 5.74) is 5.96. The minimum absolute atomic E-state index is 0.575. The molecule has 0 amide bonds. The molecule has 1 fully saturated rings. The lowest BCUT2D eigenvalue weighted by Crippen LogP contribution is -2.45. The Labute approximate surface area is 77.7 Å². The Balaban J connectivity index is 2.73. The molecule has 1 saturated carbocycles. The van der Waals surface area contributed by atoms with Gasteiger partial charge in [0.2, 0.25) is 0 Å². The quantitative estimate of drug-likeness (QED) is 0.658. The van der Waals surface area contributed by atoms with Gasteiger partial charge in [-0.05, 0) is 24.4 Å². The molecule has 1 rings (SSSR count). The van der Waals surface area contributed by atoms with Crippen LogP contribution < -0.4 is 5.73 Å². The van der Waals surface area contributed by atoms with Crippen LogP contribution >= 0.6 is 0 Å². The monoisotopic (exact) mass is 185 g/mol. The van der Waals surface area contributed by atoms with Gasteiger partial charge in [-0.3, -0.25) is 0 Å². The Morgan fingerprint density at radius 1 is 1.08 bits per heavy atom. The van der Waals surface area contributed by atoms with Crippen molar-refractivity contribution in [2.75, 3.05) is 6.54 Å². The molecule has 12 heavy (non-hydrogen) atoms. The Morgan fingerprint density at radius 3 is 1.83 bits per heavy atom. The van der Waals surface area contributed by atoms with Crippen molar-refractivity contribution in [1.82, 2.24) is 0 Å². The van der Waals surface area contributed by atoms with E-state index in [4.69, 9.17) is 5.73 Å². The molecule has 0 unspecified atom stereocenters. The van der Waals surface area contributed by atoms with Gasteiger partial charge in [-0.2, -0.15) is 0 Å². The van der Waals surface area contributed by atoms with E-state index in [2.05, 4.69) is 19.6 Å². The average molecular weight is 185 g/mol. The zero-order valence-corrected chi connectivity index (χ0v) is 9.82. The Morgan fingerprint density at radius 2 is 1.58 bits per heavy atom. The van der Waals surface area contributed by atoms with E-state index in [0.29, 0.717) is 5.04 Å². The van der Waals surface area contributed by atoms with Crippen LogP contribution in [0.2, 0.25) is 24.7 Å². The molecule has 0 aromatic heterocycles. The lowest BCUT2D eigenvalue weighted by molar-refractivity contribution is 0.370. The molecule has 1 aliphatic rings. The normalized spacial score (nSPS) is 24.0. The SMILES string of the molecule is C[Si](C)(C)C1(CN)CCCCC1. The molecule has 0 radical (unpaired) electrons. The molecule has 0 aromatic rings. The van der Waals surface area contributed by atoms with Crippen LogP contribution in [0.4, 0.5) is 0 Å². The molecular weight excluding hydrogens is 162 g/mol. The van der Waals surface area contributed by atoms with Gasteiger partial charge in [0.1, 0.15) is 0 Å². The van der Waals surface area contributed by atoms with Crippen LogP contribution in [0.15, 0.2) is 0 Å². The second kappa shape index (κ2) is 3.50. The molecule has 2 N–H and O–H groups in total.